The highest BCUT2D eigenvalue weighted by Gasteiger charge is 2.28. The van der Waals surface area contributed by atoms with E-state index in [9.17, 15) is 14.0 Å². The highest BCUT2D eigenvalue weighted by Crippen LogP contribution is 2.27. The number of carbonyl (C=O) groups is 2. The number of hydrogen-bond donors (Lipinski definition) is 1. The van der Waals surface area contributed by atoms with E-state index in [1.54, 1.807) is 18.3 Å². The fourth-order valence-electron chi connectivity index (χ4n) is 2.10. The number of ether oxygens (including phenoxy) is 2. The number of carbonyl (C=O) groups excluding carboxylic acids is 2. The number of hydrogen-bond acceptors (Lipinski definition) is 5. The number of nitrogens with zero attached hydrogens (tertiary/aromatic N) is 1. The molecule has 23 heavy (non-hydrogen) atoms. The number of rotatable bonds is 4. The lowest BCUT2D eigenvalue weighted by Crippen LogP contribution is -2.38. The van der Waals surface area contributed by atoms with Crippen molar-refractivity contribution in [1.82, 2.24) is 4.98 Å². The number of nitrogens with one attached hydrogen (secondary N) is 1. The third-order valence-corrected chi connectivity index (χ3v) is 3.27. The summed E-state index contributed by atoms with van der Waals surface area (Å²) in [5.74, 6) is -0.502. The predicted molar refractivity (Wildman–Crippen MR) is 78.6 cm³/mol. The monoisotopic (exact) mass is 316 g/mol. The van der Waals surface area contributed by atoms with E-state index in [1.807, 2.05) is 0 Å². The summed E-state index contributed by atoms with van der Waals surface area (Å²) in [5.41, 5.74) is 0.245. The normalized spacial score (nSPS) is 16.0. The molecule has 0 aliphatic carbocycles. The van der Waals surface area contributed by atoms with Crippen molar-refractivity contribution >= 4 is 17.7 Å². The second-order valence-electron chi connectivity index (χ2n) is 4.88. The van der Waals surface area contributed by atoms with Crippen LogP contribution in [0.15, 0.2) is 42.6 Å². The van der Waals surface area contributed by atoms with E-state index in [4.69, 9.17) is 9.47 Å². The number of benzene rings is 1. The minimum Gasteiger partial charge on any atom is -0.477 e. The van der Waals surface area contributed by atoms with Crippen molar-refractivity contribution in [2.24, 2.45) is 0 Å². The van der Waals surface area contributed by atoms with E-state index in [2.05, 4.69) is 10.3 Å². The molecule has 0 unspecified atom stereocenters. The molecular weight excluding hydrogens is 303 g/mol. The fourth-order valence-corrected chi connectivity index (χ4v) is 2.10. The second kappa shape index (κ2) is 6.43. The van der Waals surface area contributed by atoms with Crippen LogP contribution < -0.4 is 10.1 Å². The van der Waals surface area contributed by atoms with Gasteiger partial charge in [0, 0.05) is 12.6 Å². The summed E-state index contributed by atoms with van der Waals surface area (Å²) in [5, 5.41) is 2.63. The first-order chi connectivity index (χ1) is 11.1. The molecule has 118 valence electrons. The molecule has 1 aliphatic rings. The van der Waals surface area contributed by atoms with Crippen molar-refractivity contribution < 1.29 is 23.5 Å². The number of pyridine rings is 1. The molecule has 2 heterocycles. The van der Waals surface area contributed by atoms with Gasteiger partial charge in [-0.2, -0.15) is 0 Å². The molecule has 0 saturated heterocycles. The summed E-state index contributed by atoms with van der Waals surface area (Å²) in [6.07, 6.45) is 0.994. The maximum atomic E-state index is 12.8. The van der Waals surface area contributed by atoms with Gasteiger partial charge in [-0.25, -0.2) is 14.2 Å². The second-order valence-corrected chi connectivity index (χ2v) is 4.88. The van der Waals surface area contributed by atoms with Crippen molar-refractivity contribution in [3.05, 3.63) is 54.0 Å². The Balaban J connectivity index is 1.54. The quantitative estimate of drug-likeness (QED) is 0.875. The van der Waals surface area contributed by atoms with Crippen LogP contribution >= 0.6 is 0 Å². The first-order valence-corrected chi connectivity index (χ1v) is 6.99. The molecule has 1 atom stereocenters. The van der Waals surface area contributed by atoms with Gasteiger partial charge < -0.3 is 14.8 Å². The standard InChI is InChI=1S/C16H13FN2O4/c17-11-5-3-10(4-6-11)16(21)22-9-7-13-15(20)19-14-12(23-13)2-1-8-18-14/h1-6,8,13H,7,9H2,(H,18,19,20)/t13-/m0/s1. The van der Waals surface area contributed by atoms with Crippen LogP contribution in [0.25, 0.3) is 0 Å². The van der Waals surface area contributed by atoms with Crippen LogP contribution in [-0.2, 0) is 9.53 Å². The SMILES string of the molecule is O=C(OCC[C@@H]1Oc2cccnc2NC1=O)c1ccc(F)cc1. The molecule has 2 aromatic rings. The van der Waals surface area contributed by atoms with Gasteiger partial charge in [0.15, 0.2) is 17.7 Å². The summed E-state index contributed by atoms with van der Waals surface area (Å²) in [6, 6.07) is 8.42. The molecule has 1 aromatic heterocycles. The summed E-state index contributed by atoms with van der Waals surface area (Å²) in [4.78, 5) is 27.6. The molecule has 0 saturated carbocycles. The average molecular weight is 316 g/mol. The van der Waals surface area contributed by atoms with Crippen LogP contribution in [-0.4, -0.2) is 29.6 Å². The van der Waals surface area contributed by atoms with Crippen LogP contribution in [0.4, 0.5) is 10.2 Å². The molecule has 6 nitrogen and oxygen atoms in total. The van der Waals surface area contributed by atoms with Crippen molar-refractivity contribution in [3.8, 4) is 5.75 Å². The van der Waals surface area contributed by atoms with Gasteiger partial charge in [-0.3, -0.25) is 4.79 Å². The van der Waals surface area contributed by atoms with E-state index in [1.165, 1.54) is 24.3 Å². The number of anilines is 1. The zero-order chi connectivity index (χ0) is 16.2. The van der Waals surface area contributed by atoms with E-state index < -0.39 is 17.9 Å². The van der Waals surface area contributed by atoms with Crippen molar-refractivity contribution in [2.45, 2.75) is 12.5 Å². The van der Waals surface area contributed by atoms with Crippen molar-refractivity contribution in [3.63, 3.8) is 0 Å². The molecule has 0 spiro atoms. The molecule has 3 rings (SSSR count). The first kappa shape index (κ1) is 15.0. The maximum absolute atomic E-state index is 12.8. The summed E-state index contributed by atoms with van der Waals surface area (Å²) in [6.45, 7) is 0.00386. The van der Waals surface area contributed by atoms with Gasteiger partial charge >= 0.3 is 5.97 Å². The molecule has 0 radical (unpaired) electrons. The Morgan fingerprint density at radius 2 is 2.09 bits per heavy atom. The Hall–Kier alpha value is -2.96. The molecule has 1 amide bonds. The highest BCUT2D eigenvalue weighted by molar-refractivity contribution is 5.96. The van der Waals surface area contributed by atoms with Gasteiger partial charge in [0.25, 0.3) is 5.91 Å². The molecule has 1 aliphatic heterocycles. The number of aromatic nitrogens is 1. The Morgan fingerprint density at radius 3 is 2.87 bits per heavy atom. The predicted octanol–water partition coefficient (Wildman–Crippen LogP) is 2.17. The number of amides is 1. The number of halogens is 1. The van der Waals surface area contributed by atoms with Crippen LogP contribution in [0.2, 0.25) is 0 Å². The van der Waals surface area contributed by atoms with Gasteiger partial charge in [0.2, 0.25) is 0 Å². The number of fused-ring (bicyclic) bond motifs is 1. The highest BCUT2D eigenvalue weighted by atomic mass is 19.1. The van der Waals surface area contributed by atoms with Gasteiger partial charge in [-0.1, -0.05) is 0 Å². The summed E-state index contributed by atoms with van der Waals surface area (Å²) >= 11 is 0. The molecule has 1 N–H and O–H groups in total. The van der Waals surface area contributed by atoms with Gasteiger partial charge in [-0.15, -0.1) is 0 Å². The van der Waals surface area contributed by atoms with E-state index in [-0.39, 0.29) is 24.5 Å². The van der Waals surface area contributed by atoms with Gasteiger partial charge in [0.05, 0.1) is 12.2 Å². The lowest BCUT2D eigenvalue weighted by Gasteiger charge is -2.24. The Bertz CT molecular complexity index is 733. The van der Waals surface area contributed by atoms with Crippen LogP contribution in [0.3, 0.4) is 0 Å². The topological polar surface area (TPSA) is 77.5 Å². The van der Waals surface area contributed by atoms with Gasteiger partial charge in [0.1, 0.15) is 5.82 Å². The maximum Gasteiger partial charge on any atom is 0.338 e. The Morgan fingerprint density at radius 1 is 1.30 bits per heavy atom. The minimum atomic E-state index is -0.757. The van der Waals surface area contributed by atoms with Crippen LogP contribution in [0.1, 0.15) is 16.8 Å². The summed E-state index contributed by atoms with van der Waals surface area (Å²) in [7, 11) is 0. The van der Waals surface area contributed by atoms with Crippen LogP contribution in [0.5, 0.6) is 5.75 Å². The largest absolute Gasteiger partial charge is 0.477 e. The molecule has 0 fully saturated rings. The van der Waals surface area contributed by atoms with Gasteiger partial charge in [-0.05, 0) is 36.4 Å². The zero-order valence-corrected chi connectivity index (χ0v) is 12.0. The number of esters is 1. The lowest BCUT2D eigenvalue weighted by molar-refractivity contribution is -0.124. The Labute approximate surface area is 131 Å². The smallest absolute Gasteiger partial charge is 0.338 e. The third kappa shape index (κ3) is 3.45. The van der Waals surface area contributed by atoms with Crippen molar-refractivity contribution in [1.29, 1.82) is 0 Å². The zero-order valence-electron chi connectivity index (χ0n) is 12.0. The fraction of sp³-hybridized carbons (Fsp3) is 0.188. The lowest BCUT2D eigenvalue weighted by atomic mass is 10.2. The van der Waals surface area contributed by atoms with Crippen LogP contribution in [0, 0.1) is 5.82 Å². The summed E-state index contributed by atoms with van der Waals surface area (Å²) < 4.78 is 23.4. The van der Waals surface area contributed by atoms with E-state index >= 15 is 0 Å². The van der Waals surface area contributed by atoms with E-state index in [0.29, 0.717) is 11.6 Å². The third-order valence-electron chi connectivity index (χ3n) is 3.27. The molecule has 1 aromatic carbocycles. The average Bonchev–Trinajstić information content (AvgIpc) is 2.56. The van der Waals surface area contributed by atoms with E-state index in [0.717, 1.165) is 0 Å². The minimum absolute atomic E-state index is 0.00386. The van der Waals surface area contributed by atoms with Crippen molar-refractivity contribution in [2.75, 3.05) is 11.9 Å². The molecular formula is C16H13FN2O4. The molecule has 0 bridgehead atoms. The Kier molecular flexibility index (Phi) is 4.18. The molecule has 7 heteroatoms. The first-order valence-electron chi connectivity index (χ1n) is 6.99.